The number of benzene rings is 2. The summed E-state index contributed by atoms with van der Waals surface area (Å²) in [4.78, 5) is 30.5. The molecule has 2 aromatic carbocycles. The van der Waals surface area contributed by atoms with E-state index in [0.717, 1.165) is 15.9 Å². The molecule has 1 heterocycles. The molecule has 0 aliphatic rings. The average molecular weight is 340 g/mol. The van der Waals surface area contributed by atoms with E-state index in [1.165, 1.54) is 42.4 Å². The third-order valence-corrected chi connectivity index (χ3v) is 4.21. The molecule has 0 fully saturated rings. The van der Waals surface area contributed by atoms with Crippen LogP contribution in [0.5, 0.6) is 0 Å². The van der Waals surface area contributed by atoms with Crippen molar-refractivity contribution in [3.63, 3.8) is 0 Å². The quantitative estimate of drug-likeness (QED) is 0.331. The first-order valence-electron chi connectivity index (χ1n) is 7.00. The van der Waals surface area contributed by atoms with Crippen LogP contribution in [-0.2, 0) is 4.79 Å². The number of para-hydroxylation sites is 1. The van der Waals surface area contributed by atoms with Crippen molar-refractivity contribution < 1.29 is 9.72 Å². The highest BCUT2D eigenvalue weighted by Gasteiger charge is 2.09. The number of non-ortho nitro benzene ring substituents is 1. The fourth-order valence-electron chi connectivity index (χ4n) is 2.09. The molecule has 1 N–H and O–H groups in total. The molecule has 0 bridgehead atoms. The molecule has 0 saturated carbocycles. The van der Waals surface area contributed by atoms with Crippen LogP contribution >= 0.6 is 11.8 Å². The molecule has 8 heteroatoms. The molecule has 7 nitrogen and oxygen atoms in total. The SMILES string of the molecule is O=C(CSc1ncnc2ccccc12)Nc1ccc([N+](=O)[O-])cc1. The number of aromatic nitrogens is 2. The number of carbonyl (C=O) groups excluding carboxylic acids is 1. The Morgan fingerprint density at radius 1 is 1.12 bits per heavy atom. The fraction of sp³-hybridized carbons (Fsp3) is 0.0625. The van der Waals surface area contributed by atoms with Crippen LogP contribution in [0, 0.1) is 10.1 Å². The third kappa shape index (κ3) is 3.66. The summed E-state index contributed by atoms with van der Waals surface area (Å²) in [7, 11) is 0. The lowest BCUT2D eigenvalue weighted by atomic mass is 10.2. The van der Waals surface area contributed by atoms with Gasteiger partial charge in [-0.05, 0) is 18.2 Å². The number of nitrogens with one attached hydrogen (secondary N) is 1. The fourth-order valence-corrected chi connectivity index (χ4v) is 2.88. The van der Waals surface area contributed by atoms with E-state index in [-0.39, 0.29) is 17.3 Å². The zero-order valence-corrected chi connectivity index (χ0v) is 13.2. The molecule has 0 aliphatic carbocycles. The van der Waals surface area contributed by atoms with Gasteiger partial charge in [0.05, 0.1) is 16.2 Å². The summed E-state index contributed by atoms with van der Waals surface area (Å²) in [5.41, 5.74) is 1.32. The molecule has 1 aromatic heterocycles. The molecule has 0 spiro atoms. The van der Waals surface area contributed by atoms with Crippen LogP contribution in [0.3, 0.4) is 0 Å². The van der Waals surface area contributed by atoms with Gasteiger partial charge >= 0.3 is 0 Å². The van der Waals surface area contributed by atoms with Gasteiger partial charge in [-0.2, -0.15) is 0 Å². The van der Waals surface area contributed by atoms with E-state index in [9.17, 15) is 14.9 Å². The number of hydrogen-bond acceptors (Lipinski definition) is 6. The van der Waals surface area contributed by atoms with Gasteiger partial charge in [0, 0.05) is 23.2 Å². The molecular weight excluding hydrogens is 328 g/mol. The Labute approximate surface area is 141 Å². The highest BCUT2D eigenvalue weighted by atomic mass is 32.2. The van der Waals surface area contributed by atoms with Crippen LogP contribution in [0.2, 0.25) is 0 Å². The minimum absolute atomic E-state index is 0.0187. The van der Waals surface area contributed by atoms with Gasteiger partial charge in [-0.3, -0.25) is 14.9 Å². The van der Waals surface area contributed by atoms with E-state index >= 15 is 0 Å². The number of carbonyl (C=O) groups is 1. The lowest BCUT2D eigenvalue weighted by Crippen LogP contribution is -2.14. The number of rotatable bonds is 5. The standard InChI is InChI=1S/C16H12N4O3S/c21-15(19-11-5-7-12(8-6-11)20(22)23)9-24-16-13-3-1-2-4-14(13)17-10-18-16/h1-8,10H,9H2,(H,19,21). The van der Waals surface area contributed by atoms with Crippen molar-refractivity contribution in [3.8, 4) is 0 Å². The van der Waals surface area contributed by atoms with Crippen LogP contribution in [0.4, 0.5) is 11.4 Å². The van der Waals surface area contributed by atoms with Gasteiger partial charge in [-0.15, -0.1) is 0 Å². The van der Waals surface area contributed by atoms with E-state index in [1.54, 1.807) is 0 Å². The van der Waals surface area contributed by atoms with Crippen molar-refractivity contribution in [2.45, 2.75) is 5.03 Å². The number of nitro groups is 1. The monoisotopic (exact) mass is 340 g/mol. The summed E-state index contributed by atoms with van der Waals surface area (Å²) in [6.45, 7) is 0. The van der Waals surface area contributed by atoms with Crippen LogP contribution in [0.15, 0.2) is 59.9 Å². The number of amides is 1. The molecule has 0 radical (unpaired) electrons. The zero-order valence-electron chi connectivity index (χ0n) is 12.4. The van der Waals surface area contributed by atoms with Crippen molar-refractivity contribution in [2.75, 3.05) is 11.1 Å². The van der Waals surface area contributed by atoms with E-state index in [2.05, 4.69) is 15.3 Å². The molecular formula is C16H12N4O3S. The predicted molar refractivity (Wildman–Crippen MR) is 92.0 cm³/mol. The summed E-state index contributed by atoms with van der Waals surface area (Å²) in [6.07, 6.45) is 1.47. The molecule has 3 rings (SSSR count). The normalized spacial score (nSPS) is 10.5. The van der Waals surface area contributed by atoms with Gasteiger partial charge in [-0.1, -0.05) is 30.0 Å². The van der Waals surface area contributed by atoms with Crippen molar-refractivity contribution in [3.05, 3.63) is 65.0 Å². The Kier molecular flexibility index (Phi) is 4.66. The third-order valence-electron chi connectivity index (χ3n) is 3.21. The van der Waals surface area contributed by atoms with Crippen molar-refractivity contribution >= 4 is 39.9 Å². The second-order valence-corrected chi connectivity index (χ2v) is 5.80. The Bertz CT molecular complexity index is 894. The van der Waals surface area contributed by atoms with E-state index in [1.807, 2.05) is 24.3 Å². The lowest BCUT2D eigenvalue weighted by Gasteiger charge is -2.06. The lowest BCUT2D eigenvalue weighted by molar-refractivity contribution is -0.384. The summed E-state index contributed by atoms with van der Waals surface area (Å²) in [5, 5.41) is 14.9. The highest BCUT2D eigenvalue weighted by Crippen LogP contribution is 2.24. The van der Waals surface area contributed by atoms with Gasteiger partial charge < -0.3 is 5.32 Å². The first-order valence-corrected chi connectivity index (χ1v) is 7.99. The smallest absolute Gasteiger partial charge is 0.269 e. The first kappa shape index (κ1) is 15.9. The molecule has 0 aliphatic heterocycles. The molecule has 0 atom stereocenters. The maximum absolute atomic E-state index is 12.0. The zero-order chi connectivity index (χ0) is 16.9. The second-order valence-electron chi connectivity index (χ2n) is 4.84. The molecule has 24 heavy (non-hydrogen) atoms. The number of fused-ring (bicyclic) bond motifs is 1. The van der Waals surface area contributed by atoms with Gasteiger partial charge in [0.15, 0.2) is 0 Å². The summed E-state index contributed by atoms with van der Waals surface area (Å²) >= 11 is 1.31. The molecule has 0 unspecified atom stereocenters. The summed E-state index contributed by atoms with van der Waals surface area (Å²) in [5.74, 6) is -0.0330. The number of thioether (sulfide) groups is 1. The molecule has 120 valence electrons. The van der Waals surface area contributed by atoms with Gasteiger partial charge in [-0.25, -0.2) is 9.97 Å². The van der Waals surface area contributed by atoms with Crippen LogP contribution in [0.25, 0.3) is 10.9 Å². The number of nitrogens with zero attached hydrogens (tertiary/aromatic N) is 3. The van der Waals surface area contributed by atoms with Crippen molar-refractivity contribution in [2.24, 2.45) is 0 Å². The van der Waals surface area contributed by atoms with Crippen molar-refractivity contribution in [1.82, 2.24) is 9.97 Å². The maximum Gasteiger partial charge on any atom is 0.269 e. The minimum atomic E-state index is -0.484. The van der Waals surface area contributed by atoms with Crippen LogP contribution < -0.4 is 5.32 Å². The largest absolute Gasteiger partial charge is 0.325 e. The predicted octanol–water partition coefficient (Wildman–Crippen LogP) is 3.27. The number of hydrogen-bond donors (Lipinski definition) is 1. The Hall–Kier alpha value is -3.00. The average Bonchev–Trinajstić information content (AvgIpc) is 2.60. The number of nitro benzene ring substituents is 1. The Balaban J connectivity index is 1.64. The van der Waals surface area contributed by atoms with Gasteiger partial charge in [0.1, 0.15) is 11.4 Å². The Morgan fingerprint density at radius 3 is 2.62 bits per heavy atom. The van der Waals surface area contributed by atoms with Gasteiger partial charge in [0.2, 0.25) is 5.91 Å². The molecule has 1 amide bonds. The first-order chi connectivity index (χ1) is 11.6. The highest BCUT2D eigenvalue weighted by molar-refractivity contribution is 8.00. The minimum Gasteiger partial charge on any atom is -0.325 e. The van der Waals surface area contributed by atoms with E-state index in [0.29, 0.717) is 5.69 Å². The van der Waals surface area contributed by atoms with Crippen LogP contribution in [-0.4, -0.2) is 26.6 Å². The topological polar surface area (TPSA) is 98.0 Å². The molecule has 0 saturated heterocycles. The summed E-state index contributed by atoms with van der Waals surface area (Å²) in [6, 6.07) is 13.3. The Morgan fingerprint density at radius 2 is 1.88 bits per heavy atom. The molecule has 3 aromatic rings. The second kappa shape index (κ2) is 7.05. The van der Waals surface area contributed by atoms with Crippen molar-refractivity contribution in [1.29, 1.82) is 0 Å². The van der Waals surface area contributed by atoms with E-state index < -0.39 is 4.92 Å². The van der Waals surface area contributed by atoms with Gasteiger partial charge in [0.25, 0.3) is 5.69 Å². The van der Waals surface area contributed by atoms with Crippen LogP contribution in [0.1, 0.15) is 0 Å². The summed E-state index contributed by atoms with van der Waals surface area (Å²) < 4.78 is 0. The maximum atomic E-state index is 12.0. The number of anilines is 1. The van der Waals surface area contributed by atoms with E-state index in [4.69, 9.17) is 0 Å².